The molecule has 0 saturated carbocycles. The van der Waals surface area contributed by atoms with Crippen LogP contribution in [0.5, 0.6) is 5.75 Å². The van der Waals surface area contributed by atoms with Crippen molar-refractivity contribution in [1.29, 1.82) is 0 Å². The van der Waals surface area contributed by atoms with E-state index in [1.165, 1.54) is 6.33 Å². The minimum Gasteiger partial charge on any atom is -0.483 e. The smallest absolute Gasteiger partial charge is 0.258 e. The van der Waals surface area contributed by atoms with Gasteiger partial charge in [-0.05, 0) is 58.7 Å². The van der Waals surface area contributed by atoms with Gasteiger partial charge in [0.2, 0.25) is 0 Å². The average molecular weight is 436 g/mol. The summed E-state index contributed by atoms with van der Waals surface area (Å²) in [6.45, 7) is 1.84. The van der Waals surface area contributed by atoms with Crippen molar-refractivity contribution in [3.63, 3.8) is 0 Å². The summed E-state index contributed by atoms with van der Waals surface area (Å²) in [5, 5.41) is 7.59. The minimum atomic E-state index is -0.209. The second-order valence-corrected chi connectivity index (χ2v) is 6.87. The summed E-state index contributed by atoms with van der Waals surface area (Å²) in [6.07, 6.45) is 3.11. The van der Waals surface area contributed by atoms with Crippen molar-refractivity contribution in [2.75, 3.05) is 6.61 Å². The Morgan fingerprint density at radius 3 is 2.73 bits per heavy atom. The van der Waals surface area contributed by atoms with Crippen LogP contribution < -0.4 is 10.1 Å². The van der Waals surface area contributed by atoms with Crippen LogP contribution in [0.4, 0.5) is 0 Å². The number of nitrogens with one attached hydrogen (secondary N) is 1. The summed E-state index contributed by atoms with van der Waals surface area (Å²) in [7, 11) is 0. The number of ether oxygens (including phenoxy) is 1. The number of hydrogen-bond acceptors (Lipinski definition) is 4. The standard InChI is InChI=1S/C18H16BrClN4O2/c1-12(13-2-5-15(6-3-13)24-11-21-10-22-24)23-18(25)9-26-17-7-4-14(20)8-16(17)19/h2-8,10-12H,9H2,1H3,(H,23,25)/t12-/m0/s1. The van der Waals surface area contributed by atoms with Gasteiger partial charge in [0.25, 0.3) is 5.91 Å². The van der Waals surface area contributed by atoms with E-state index in [1.807, 2.05) is 31.2 Å². The lowest BCUT2D eigenvalue weighted by atomic mass is 10.1. The molecule has 2 aromatic carbocycles. The molecule has 1 aromatic heterocycles. The number of amides is 1. The highest BCUT2D eigenvalue weighted by molar-refractivity contribution is 9.10. The highest BCUT2D eigenvalue weighted by Crippen LogP contribution is 2.27. The topological polar surface area (TPSA) is 69.0 Å². The van der Waals surface area contributed by atoms with Gasteiger partial charge < -0.3 is 10.1 Å². The quantitative estimate of drug-likeness (QED) is 0.637. The highest BCUT2D eigenvalue weighted by Gasteiger charge is 2.11. The first-order valence-corrected chi connectivity index (χ1v) is 9.02. The van der Waals surface area contributed by atoms with Crippen LogP contribution in [0.15, 0.2) is 59.6 Å². The van der Waals surface area contributed by atoms with Crippen LogP contribution in [0.3, 0.4) is 0 Å². The number of nitrogens with zero attached hydrogens (tertiary/aromatic N) is 3. The molecule has 0 aliphatic heterocycles. The monoisotopic (exact) mass is 434 g/mol. The SMILES string of the molecule is C[C@H](NC(=O)COc1ccc(Cl)cc1Br)c1ccc(-n2cncn2)cc1. The molecule has 0 bridgehead atoms. The Kier molecular flexibility index (Phi) is 5.90. The second-order valence-electron chi connectivity index (χ2n) is 5.58. The highest BCUT2D eigenvalue weighted by atomic mass is 79.9. The van der Waals surface area contributed by atoms with Crippen LogP contribution >= 0.6 is 27.5 Å². The largest absolute Gasteiger partial charge is 0.483 e. The van der Waals surface area contributed by atoms with Gasteiger partial charge in [0, 0.05) is 5.02 Å². The Bertz CT molecular complexity index is 885. The molecule has 3 aromatic rings. The van der Waals surface area contributed by atoms with Crippen molar-refractivity contribution in [1.82, 2.24) is 20.1 Å². The lowest BCUT2D eigenvalue weighted by Crippen LogP contribution is -2.31. The van der Waals surface area contributed by atoms with Crippen LogP contribution in [0.2, 0.25) is 5.02 Å². The van der Waals surface area contributed by atoms with Crippen molar-refractivity contribution in [3.05, 3.63) is 70.2 Å². The van der Waals surface area contributed by atoms with Crippen LogP contribution in [-0.4, -0.2) is 27.3 Å². The van der Waals surface area contributed by atoms with Crippen LogP contribution in [0.25, 0.3) is 5.69 Å². The minimum absolute atomic E-state index is 0.0817. The summed E-state index contributed by atoms with van der Waals surface area (Å²) < 4.78 is 7.90. The van der Waals surface area contributed by atoms with Gasteiger partial charge in [-0.15, -0.1) is 0 Å². The van der Waals surface area contributed by atoms with Gasteiger partial charge in [-0.1, -0.05) is 23.7 Å². The van der Waals surface area contributed by atoms with E-state index < -0.39 is 0 Å². The summed E-state index contributed by atoms with van der Waals surface area (Å²) >= 11 is 9.24. The maximum absolute atomic E-state index is 12.1. The molecule has 0 aliphatic rings. The molecule has 134 valence electrons. The fraction of sp³-hybridized carbons (Fsp3) is 0.167. The zero-order valence-corrected chi connectivity index (χ0v) is 16.2. The Morgan fingerprint density at radius 1 is 1.31 bits per heavy atom. The fourth-order valence-electron chi connectivity index (χ4n) is 2.36. The van der Waals surface area contributed by atoms with Gasteiger partial charge in [-0.3, -0.25) is 4.79 Å². The Balaban J connectivity index is 1.55. The summed E-state index contributed by atoms with van der Waals surface area (Å²) in [5.74, 6) is 0.356. The number of halogens is 2. The molecule has 1 N–H and O–H groups in total. The lowest BCUT2D eigenvalue weighted by Gasteiger charge is -2.15. The summed E-state index contributed by atoms with van der Waals surface area (Å²) in [4.78, 5) is 16.1. The molecule has 3 rings (SSSR count). The fourth-order valence-corrected chi connectivity index (χ4v) is 3.16. The van der Waals surface area contributed by atoms with E-state index in [4.69, 9.17) is 16.3 Å². The number of rotatable bonds is 6. The Hall–Kier alpha value is -2.38. The third kappa shape index (κ3) is 4.62. The zero-order chi connectivity index (χ0) is 18.5. The number of hydrogen-bond donors (Lipinski definition) is 1. The van der Waals surface area contributed by atoms with E-state index in [1.54, 1.807) is 29.2 Å². The average Bonchev–Trinajstić information content (AvgIpc) is 3.16. The maximum Gasteiger partial charge on any atom is 0.258 e. The van der Waals surface area contributed by atoms with Gasteiger partial charge in [0.1, 0.15) is 18.4 Å². The normalized spacial score (nSPS) is 11.8. The molecule has 0 spiro atoms. The first kappa shape index (κ1) is 18.4. The molecule has 8 heteroatoms. The molecule has 26 heavy (non-hydrogen) atoms. The predicted molar refractivity (Wildman–Crippen MR) is 103 cm³/mol. The number of carbonyl (C=O) groups is 1. The predicted octanol–water partition coefficient (Wildman–Crippen LogP) is 3.94. The molecule has 0 saturated heterocycles. The molecular weight excluding hydrogens is 420 g/mol. The van der Waals surface area contributed by atoms with E-state index in [0.29, 0.717) is 15.2 Å². The molecule has 0 unspecified atom stereocenters. The van der Waals surface area contributed by atoms with Crippen molar-refractivity contribution in [3.8, 4) is 11.4 Å². The molecular formula is C18H16BrClN4O2. The molecule has 0 aliphatic carbocycles. The molecule has 1 heterocycles. The summed E-state index contributed by atoms with van der Waals surface area (Å²) in [5.41, 5.74) is 1.88. The first-order valence-electron chi connectivity index (χ1n) is 7.85. The Morgan fingerprint density at radius 2 is 2.08 bits per heavy atom. The second kappa shape index (κ2) is 8.33. The molecule has 6 nitrogen and oxygen atoms in total. The molecule has 0 fully saturated rings. The number of benzene rings is 2. The molecule has 1 amide bonds. The van der Waals surface area contributed by atoms with Gasteiger partial charge in [0.05, 0.1) is 16.2 Å². The number of carbonyl (C=O) groups excluding carboxylic acids is 1. The first-order chi connectivity index (χ1) is 12.5. The van der Waals surface area contributed by atoms with Crippen molar-refractivity contribution >= 4 is 33.4 Å². The van der Waals surface area contributed by atoms with E-state index in [-0.39, 0.29) is 18.6 Å². The summed E-state index contributed by atoms with van der Waals surface area (Å²) in [6, 6.07) is 12.7. The lowest BCUT2D eigenvalue weighted by molar-refractivity contribution is -0.123. The van der Waals surface area contributed by atoms with Gasteiger partial charge in [-0.25, -0.2) is 9.67 Å². The molecule has 1 atom stereocenters. The third-order valence-electron chi connectivity index (χ3n) is 3.71. The van der Waals surface area contributed by atoms with Crippen LogP contribution in [0, 0.1) is 0 Å². The van der Waals surface area contributed by atoms with Crippen LogP contribution in [-0.2, 0) is 4.79 Å². The van der Waals surface area contributed by atoms with Crippen molar-refractivity contribution < 1.29 is 9.53 Å². The zero-order valence-electron chi connectivity index (χ0n) is 13.9. The van der Waals surface area contributed by atoms with Crippen molar-refractivity contribution in [2.45, 2.75) is 13.0 Å². The number of aromatic nitrogens is 3. The van der Waals surface area contributed by atoms with Crippen LogP contribution in [0.1, 0.15) is 18.5 Å². The van der Waals surface area contributed by atoms with Gasteiger partial charge >= 0.3 is 0 Å². The van der Waals surface area contributed by atoms with Gasteiger partial charge in [-0.2, -0.15) is 5.10 Å². The van der Waals surface area contributed by atoms with E-state index in [2.05, 4.69) is 31.3 Å². The molecule has 0 radical (unpaired) electrons. The Labute approximate surface area is 164 Å². The third-order valence-corrected chi connectivity index (χ3v) is 4.56. The van der Waals surface area contributed by atoms with Crippen molar-refractivity contribution in [2.24, 2.45) is 0 Å². The van der Waals surface area contributed by atoms with Gasteiger partial charge in [0.15, 0.2) is 6.61 Å². The van der Waals surface area contributed by atoms with E-state index in [9.17, 15) is 4.79 Å². The van der Waals surface area contributed by atoms with E-state index in [0.717, 1.165) is 11.3 Å². The maximum atomic E-state index is 12.1. The van der Waals surface area contributed by atoms with E-state index >= 15 is 0 Å².